The monoisotopic (exact) mass is 280 g/mol. The standard InChI is InChI=1S/C13H16N2O5/c16-12(17)10-4-3-9(7-11(10)15(19)20)14-8-13(18)5-1-2-6-13/h3-4,7,14,18H,1-2,5-6,8H2,(H,16,17). The second-order valence-electron chi connectivity index (χ2n) is 5.08. The number of nitrogens with one attached hydrogen (secondary N) is 1. The highest BCUT2D eigenvalue weighted by Gasteiger charge is 2.31. The predicted octanol–water partition coefficient (Wildman–Crippen LogP) is 2.01. The molecule has 1 aliphatic carbocycles. The summed E-state index contributed by atoms with van der Waals surface area (Å²) in [6.07, 6.45) is 3.34. The number of nitro groups is 1. The molecule has 108 valence electrons. The Balaban J connectivity index is 2.15. The van der Waals surface area contributed by atoms with Gasteiger partial charge in [0.15, 0.2) is 0 Å². The van der Waals surface area contributed by atoms with Crippen LogP contribution in [0.1, 0.15) is 36.0 Å². The fourth-order valence-corrected chi connectivity index (χ4v) is 2.45. The number of carbonyl (C=O) groups is 1. The fourth-order valence-electron chi connectivity index (χ4n) is 2.45. The Hall–Kier alpha value is -2.15. The number of hydrogen-bond donors (Lipinski definition) is 3. The molecule has 0 amide bonds. The molecule has 0 aromatic heterocycles. The van der Waals surface area contributed by atoms with E-state index in [1.165, 1.54) is 18.2 Å². The minimum absolute atomic E-state index is 0.302. The molecule has 0 heterocycles. The Morgan fingerprint density at radius 1 is 1.40 bits per heavy atom. The first-order valence-electron chi connectivity index (χ1n) is 6.39. The average molecular weight is 280 g/mol. The van der Waals surface area contributed by atoms with Gasteiger partial charge in [0, 0.05) is 18.3 Å². The first kappa shape index (κ1) is 14.3. The number of nitro benzene ring substituents is 1. The highest BCUT2D eigenvalue weighted by atomic mass is 16.6. The molecule has 1 aromatic rings. The van der Waals surface area contributed by atoms with Gasteiger partial charge in [-0.1, -0.05) is 12.8 Å². The van der Waals surface area contributed by atoms with Crippen LogP contribution in [0.2, 0.25) is 0 Å². The van der Waals surface area contributed by atoms with E-state index in [1.54, 1.807) is 0 Å². The Bertz CT molecular complexity index is 538. The lowest BCUT2D eigenvalue weighted by Crippen LogP contribution is -2.33. The van der Waals surface area contributed by atoms with Crippen molar-refractivity contribution >= 4 is 17.3 Å². The zero-order valence-electron chi connectivity index (χ0n) is 10.8. The molecular weight excluding hydrogens is 264 g/mol. The number of nitrogens with zero attached hydrogens (tertiary/aromatic N) is 1. The van der Waals surface area contributed by atoms with Gasteiger partial charge in [0.05, 0.1) is 10.5 Å². The number of carboxylic acid groups (broad SMARTS) is 1. The van der Waals surface area contributed by atoms with Crippen LogP contribution in [0, 0.1) is 10.1 Å². The van der Waals surface area contributed by atoms with E-state index in [-0.39, 0.29) is 5.56 Å². The Morgan fingerprint density at radius 3 is 2.60 bits per heavy atom. The lowest BCUT2D eigenvalue weighted by Gasteiger charge is -2.23. The summed E-state index contributed by atoms with van der Waals surface area (Å²) in [6.45, 7) is 0.302. The molecule has 1 aliphatic rings. The summed E-state index contributed by atoms with van der Waals surface area (Å²) in [5, 5.41) is 32.9. The van der Waals surface area contributed by atoms with E-state index >= 15 is 0 Å². The fraction of sp³-hybridized carbons (Fsp3) is 0.462. The average Bonchev–Trinajstić information content (AvgIpc) is 2.83. The van der Waals surface area contributed by atoms with Crippen LogP contribution in [0.5, 0.6) is 0 Å². The van der Waals surface area contributed by atoms with Crippen LogP contribution in [-0.4, -0.2) is 33.3 Å². The van der Waals surface area contributed by atoms with Crippen LogP contribution in [-0.2, 0) is 0 Å². The number of rotatable bonds is 5. The smallest absolute Gasteiger partial charge is 0.342 e. The van der Waals surface area contributed by atoms with Gasteiger partial charge in [-0.15, -0.1) is 0 Å². The Morgan fingerprint density at radius 2 is 2.05 bits per heavy atom. The molecular formula is C13H16N2O5. The molecule has 0 atom stereocenters. The van der Waals surface area contributed by atoms with Crippen molar-refractivity contribution in [3.05, 3.63) is 33.9 Å². The van der Waals surface area contributed by atoms with Crippen molar-refractivity contribution in [3.63, 3.8) is 0 Å². The van der Waals surface area contributed by atoms with Gasteiger partial charge in [0.2, 0.25) is 0 Å². The molecule has 0 bridgehead atoms. The summed E-state index contributed by atoms with van der Waals surface area (Å²) in [6, 6.07) is 3.85. The molecule has 1 fully saturated rings. The van der Waals surface area contributed by atoms with E-state index in [0.29, 0.717) is 25.1 Å². The number of aromatic carboxylic acids is 1. The van der Waals surface area contributed by atoms with Gasteiger partial charge < -0.3 is 15.5 Å². The number of benzene rings is 1. The van der Waals surface area contributed by atoms with Crippen molar-refractivity contribution < 1.29 is 19.9 Å². The third-order valence-electron chi connectivity index (χ3n) is 3.58. The van der Waals surface area contributed by atoms with Crippen LogP contribution in [0.4, 0.5) is 11.4 Å². The second-order valence-corrected chi connectivity index (χ2v) is 5.08. The van der Waals surface area contributed by atoms with Gasteiger partial charge in [-0.25, -0.2) is 4.79 Å². The maximum absolute atomic E-state index is 10.9. The van der Waals surface area contributed by atoms with Crippen molar-refractivity contribution in [1.29, 1.82) is 0 Å². The van der Waals surface area contributed by atoms with Crippen LogP contribution in [0.15, 0.2) is 18.2 Å². The molecule has 7 heteroatoms. The lowest BCUT2D eigenvalue weighted by atomic mass is 10.0. The predicted molar refractivity (Wildman–Crippen MR) is 72.0 cm³/mol. The molecule has 0 saturated heterocycles. The highest BCUT2D eigenvalue weighted by molar-refractivity contribution is 5.93. The number of anilines is 1. The van der Waals surface area contributed by atoms with E-state index in [2.05, 4.69) is 5.32 Å². The van der Waals surface area contributed by atoms with Crippen molar-refractivity contribution in [1.82, 2.24) is 0 Å². The normalized spacial score (nSPS) is 16.9. The zero-order valence-corrected chi connectivity index (χ0v) is 10.8. The summed E-state index contributed by atoms with van der Waals surface area (Å²) in [4.78, 5) is 21.0. The quantitative estimate of drug-likeness (QED) is 0.561. The number of carboxylic acids is 1. The molecule has 0 aliphatic heterocycles. The molecule has 0 unspecified atom stereocenters. The van der Waals surface area contributed by atoms with Gasteiger partial charge in [0.25, 0.3) is 5.69 Å². The molecule has 7 nitrogen and oxygen atoms in total. The van der Waals surface area contributed by atoms with Crippen molar-refractivity contribution in [2.45, 2.75) is 31.3 Å². The molecule has 0 radical (unpaired) electrons. The van der Waals surface area contributed by atoms with Crippen molar-refractivity contribution in [2.75, 3.05) is 11.9 Å². The van der Waals surface area contributed by atoms with Crippen LogP contribution in [0.25, 0.3) is 0 Å². The van der Waals surface area contributed by atoms with Crippen molar-refractivity contribution in [3.8, 4) is 0 Å². The summed E-state index contributed by atoms with van der Waals surface area (Å²) in [5.41, 5.74) is -1.15. The largest absolute Gasteiger partial charge is 0.477 e. The Kier molecular flexibility index (Phi) is 3.89. The lowest BCUT2D eigenvalue weighted by molar-refractivity contribution is -0.385. The summed E-state index contributed by atoms with van der Waals surface area (Å²) in [5.74, 6) is -1.34. The highest BCUT2D eigenvalue weighted by Crippen LogP contribution is 2.30. The van der Waals surface area contributed by atoms with E-state index in [9.17, 15) is 20.0 Å². The van der Waals surface area contributed by atoms with E-state index in [1.807, 2.05) is 0 Å². The van der Waals surface area contributed by atoms with Crippen LogP contribution < -0.4 is 5.32 Å². The minimum Gasteiger partial charge on any atom is -0.477 e. The molecule has 1 saturated carbocycles. The third-order valence-corrected chi connectivity index (χ3v) is 3.58. The topological polar surface area (TPSA) is 113 Å². The van der Waals surface area contributed by atoms with Crippen LogP contribution >= 0.6 is 0 Å². The molecule has 1 aromatic carbocycles. The third kappa shape index (κ3) is 3.05. The summed E-state index contributed by atoms with van der Waals surface area (Å²) < 4.78 is 0. The Labute approximate surface area is 115 Å². The molecule has 0 spiro atoms. The van der Waals surface area contributed by atoms with E-state index in [0.717, 1.165) is 12.8 Å². The van der Waals surface area contributed by atoms with Gasteiger partial charge >= 0.3 is 5.97 Å². The zero-order chi connectivity index (χ0) is 14.8. The first-order chi connectivity index (χ1) is 9.41. The van der Waals surface area contributed by atoms with E-state index < -0.39 is 22.2 Å². The van der Waals surface area contributed by atoms with Crippen LogP contribution in [0.3, 0.4) is 0 Å². The minimum atomic E-state index is -1.34. The van der Waals surface area contributed by atoms with Crippen molar-refractivity contribution in [2.24, 2.45) is 0 Å². The summed E-state index contributed by atoms with van der Waals surface area (Å²) in [7, 11) is 0. The molecule has 20 heavy (non-hydrogen) atoms. The maximum Gasteiger partial charge on any atom is 0.342 e. The van der Waals surface area contributed by atoms with Gasteiger partial charge in [-0.2, -0.15) is 0 Å². The van der Waals surface area contributed by atoms with Gasteiger partial charge in [0.1, 0.15) is 5.56 Å². The first-order valence-corrected chi connectivity index (χ1v) is 6.39. The second kappa shape index (κ2) is 5.46. The number of hydrogen-bond acceptors (Lipinski definition) is 5. The summed E-state index contributed by atoms with van der Waals surface area (Å²) >= 11 is 0. The SMILES string of the molecule is O=C(O)c1ccc(NCC2(O)CCCC2)cc1[N+](=O)[O-]. The number of aliphatic hydroxyl groups is 1. The van der Waals surface area contributed by atoms with E-state index in [4.69, 9.17) is 5.11 Å². The molecule has 2 rings (SSSR count). The molecule has 3 N–H and O–H groups in total. The van der Waals surface area contributed by atoms with Gasteiger partial charge in [-0.3, -0.25) is 10.1 Å². The maximum atomic E-state index is 10.9. The van der Waals surface area contributed by atoms with Gasteiger partial charge in [-0.05, 0) is 25.0 Å².